The minimum Gasteiger partial charge on any atom is -0.507 e. The number of hydrogen-bond acceptors (Lipinski definition) is 4. The molecule has 27 heavy (non-hydrogen) atoms. The second-order valence-corrected chi connectivity index (χ2v) is 6.71. The van der Waals surface area contributed by atoms with Crippen LogP contribution in [0.2, 0.25) is 0 Å². The van der Waals surface area contributed by atoms with Crippen LogP contribution in [0.25, 0.3) is 0 Å². The largest absolute Gasteiger partial charge is 0.507 e. The third kappa shape index (κ3) is 5.33. The van der Waals surface area contributed by atoms with Gasteiger partial charge in [-0.3, -0.25) is 9.79 Å². The van der Waals surface area contributed by atoms with Gasteiger partial charge in [0.2, 0.25) is 5.91 Å². The molecule has 2 aromatic carbocycles. The molecule has 0 heterocycles. The summed E-state index contributed by atoms with van der Waals surface area (Å²) in [5.41, 5.74) is 5.65. The predicted molar refractivity (Wildman–Crippen MR) is 113 cm³/mol. The molecule has 2 N–H and O–H groups in total. The molecule has 0 saturated heterocycles. The predicted octanol–water partition coefficient (Wildman–Crippen LogP) is 4.22. The molecule has 0 unspecified atom stereocenters. The average molecular weight is 367 g/mol. The molecule has 0 saturated carbocycles. The van der Waals surface area contributed by atoms with Gasteiger partial charge in [0.05, 0.1) is 0 Å². The molecule has 2 aromatic rings. The van der Waals surface area contributed by atoms with Gasteiger partial charge in [-0.25, -0.2) is 0 Å². The average Bonchev–Trinajstić information content (AvgIpc) is 2.61. The molecule has 0 radical (unpaired) electrons. The molecule has 1 amide bonds. The number of phenolic OH excluding ortho intramolecular Hbond substituents is 1. The molecule has 0 aromatic heterocycles. The van der Waals surface area contributed by atoms with Gasteiger partial charge in [0.15, 0.2) is 0 Å². The number of hydrogen-bond donors (Lipinski definition) is 2. The zero-order chi connectivity index (χ0) is 20.0. The van der Waals surface area contributed by atoms with Gasteiger partial charge in [0.1, 0.15) is 12.3 Å². The fourth-order valence-electron chi connectivity index (χ4n) is 3.21. The fraction of sp³-hybridized carbons (Fsp3) is 0.364. The number of phenols is 1. The van der Waals surface area contributed by atoms with Gasteiger partial charge in [0.25, 0.3) is 0 Å². The number of amides is 1. The molecule has 2 rings (SSSR count). The molecule has 5 heteroatoms. The molecular weight excluding hydrogens is 338 g/mol. The van der Waals surface area contributed by atoms with E-state index in [2.05, 4.69) is 29.1 Å². The number of benzene rings is 2. The topological polar surface area (TPSA) is 64.9 Å². The van der Waals surface area contributed by atoms with E-state index in [1.807, 2.05) is 45.0 Å². The van der Waals surface area contributed by atoms with Crippen molar-refractivity contribution in [3.8, 4) is 5.75 Å². The molecule has 144 valence electrons. The number of aliphatic imine (C=N–C) groups is 1. The lowest BCUT2D eigenvalue weighted by molar-refractivity contribution is -0.114. The standard InChI is InChI=1S/C22H29N3O2/c1-6-25(7-2)19-9-8-18(20(26)12-19)13-23-14-21(27)24-22-16(4)10-15(3)11-17(22)5/h8-13,26H,6-7,14H2,1-5H3,(H,24,27). The molecule has 0 bridgehead atoms. The highest BCUT2D eigenvalue weighted by molar-refractivity contribution is 5.95. The summed E-state index contributed by atoms with van der Waals surface area (Å²) in [5, 5.41) is 13.1. The first-order chi connectivity index (χ1) is 12.8. The summed E-state index contributed by atoms with van der Waals surface area (Å²) in [4.78, 5) is 18.5. The van der Waals surface area contributed by atoms with Gasteiger partial charge < -0.3 is 15.3 Å². The zero-order valence-corrected chi connectivity index (χ0v) is 16.8. The Balaban J connectivity index is 2.02. The third-order valence-electron chi connectivity index (χ3n) is 4.55. The van der Waals surface area contributed by atoms with Gasteiger partial charge in [-0.1, -0.05) is 17.7 Å². The van der Waals surface area contributed by atoms with Crippen molar-refractivity contribution in [3.05, 3.63) is 52.6 Å². The summed E-state index contributed by atoms with van der Waals surface area (Å²) in [7, 11) is 0. The van der Waals surface area contributed by atoms with E-state index in [0.717, 1.165) is 35.6 Å². The quantitative estimate of drug-likeness (QED) is 0.720. The molecule has 0 atom stereocenters. The second-order valence-electron chi connectivity index (χ2n) is 6.71. The van der Waals surface area contributed by atoms with E-state index in [4.69, 9.17) is 0 Å². The minimum absolute atomic E-state index is 0.00396. The van der Waals surface area contributed by atoms with Gasteiger partial charge in [-0.05, 0) is 57.9 Å². The van der Waals surface area contributed by atoms with Crippen LogP contribution in [0.5, 0.6) is 5.75 Å². The molecule has 5 nitrogen and oxygen atoms in total. The number of carbonyl (C=O) groups excluding carboxylic acids is 1. The van der Waals surface area contributed by atoms with Gasteiger partial charge in [0, 0.05) is 42.3 Å². The Morgan fingerprint density at radius 2 is 1.74 bits per heavy atom. The Morgan fingerprint density at radius 3 is 2.30 bits per heavy atom. The van der Waals surface area contributed by atoms with E-state index < -0.39 is 0 Å². The van der Waals surface area contributed by atoms with Crippen LogP contribution in [0.4, 0.5) is 11.4 Å². The van der Waals surface area contributed by atoms with Gasteiger partial charge in [-0.15, -0.1) is 0 Å². The molecule has 0 aliphatic rings. The number of carbonyl (C=O) groups is 1. The van der Waals surface area contributed by atoms with Crippen molar-refractivity contribution < 1.29 is 9.90 Å². The number of nitrogens with one attached hydrogen (secondary N) is 1. The van der Waals surface area contributed by atoms with Crippen molar-refractivity contribution >= 4 is 23.5 Å². The summed E-state index contributed by atoms with van der Waals surface area (Å²) in [6.07, 6.45) is 1.54. The Labute approximate surface area is 161 Å². The van der Waals surface area contributed by atoms with E-state index >= 15 is 0 Å². The van der Waals surface area contributed by atoms with Crippen molar-refractivity contribution in [1.29, 1.82) is 0 Å². The second kappa shape index (κ2) is 9.21. The van der Waals surface area contributed by atoms with Crippen LogP contribution in [-0.2, 0) is 4.79 Å². The first-order valence-electron chi connectivity index (χ1n) is 9.31. The van der Waals surface area contributed by atoms with Crippen LogP contribution in [0.1, 0.15) is 36.1 Å². The van der Waals surface area contributed by atoms with Crippen molar-refractivity contribution in [1.82, 2.24) is 0 Å². The lowest BCUT2D eigenvalue weighted by atomic mass is 10.1. The fourth-order valence-corrected chi connectivity index (χ4v) is 3.21. The summed E-state index contributed by atoms with van der Waals surface area (Å²) in [6.45, 7) is 11.9. The highest BCUT2D eigenvalue weighted by Gasteiger charge is 2.08. The number of aryl methyl sites for hydroxylation is 3. The van der Waals surface area contributed by atoms with Crippen molar-refractivity contribution in [2.24, 2.45) is 4.99 Å². The molecule has 0 aliphatic heterocycles. The zero-order valence-electron chi connectivity index (χ0n) is 16.8. The number of nitrogens with zero attached hydrogens (tertiary/aromatic N) is 2. The minimum atomic E-state index is -0.180. The summed E-state index contributed by atoms with van der Waals surface area (Å²) >= 11 is 0. The maximum atomic E-state index is 12.2. The van der Waals surface area contributed by atoms with Crippen LogP contribution < -0.4 is 10.2 Å². The molecular formula is C22H29N3O2. The van der Waals surface area contributed by atoms with Crippen LogP contribution in [-0.4, -0.2) is 36.9 Å². The van der Waals surface area contributed by atoms with Crippen LogP contribution in [0, 0.1) is 20.8 Å². The van der Waals surface area contributed by atoms with Crippen molar-refractivity contribution in [3.63, 3.8) is 0 Å². The number of aromatic hydroxyl groups is 1. The van der Waals surface area contributed by atoms with Crippen LogP contribution in [0.3, 0.4) is 0 Å². The van der Waals surface area contributed by atoms with E-state index in [0.29, 0.717) is 5.56 Å². The van der Waals surface area contributed by atoms with E-state index in [9.17, 15) is 9.90 Å². The van der Waals surface area contributed by atoms with Crippen molar-refractivity contribution in [2.75, 3.05) is 29.9 Å². The maximum Gasteiger partial charge on any atom is 0.246 e. The SMILES string of the molecule is CCN(CC)c1ccc(C=NCC(=O)Nc2c(C)cc(C)cc2C)c(O)c1. The number of anilines is 2. The monoisotopic (exact) mass is 367 g/mol. The van der Waals surface area contributed by atoms with E-state index in [1.165, 1.54) is 11.8 Å². The van der Waals surface area contributed by atoms with Gasteiger partial charge in [-0.2, -0.15) is 0 Å². The Morgan fingerprint density at radius 1 is 1.11 bits per heavy atom. The Bertz CT molecular complexity index is 816. The lowest BCUT2D eigenvalue weighted by Crippen LogP contribution is -2.21. The van der Waals surface area contributed by atoms with Gasteiger partial charge >= 0.3 is 0 Å². The first-order valence-corrected chi connectivity index (χ1v) is 9.31. The summed E-state index contributed by atoms with van der Waals surface area (Å²) in [5.74, 6) is -0.0191. The summed E-state index contributed by atoms with van der Waals surface area (Å²) < 4.78 is 0. The molecule has 0 spiro atoms. The highest BCUT2D eigenvalue weighted by Crippen LogP contribution is 2.24. The Kier molecular flexibility index (Phi) is 6.99. The molecule has 0 fully saturated rings. The lowest BCUT2D eigenvalue weighted by Gasteiger charge is -2.21. The van der Waals surface area contributed by atoms with E-state index in [1.54, 1.807) is 6.07 Å². The number of rotatable bonds is 7. The van der Waals surface area contributed by atoms with Crippen LogP contribution in [0.15, 0.2) is 35.3 Å². The van der Waals surface area contributed by atoms with Crippen molar-refractivity contribution in [2.45, 2.75) is 34.6 Å². The summed E-state index contributed by atoms with van der Waals surface area (Å²) in [6, 6.07) is 9.59. The first kappa shape index (κ1) is 20.5. The molecule has 0 aliphatic carbocycles. The van der Waals surface area contributed by atoms with Crippen LogP contribution >= 0.6 is 0 Å². The highest BCUT2D eigenvalue weighted by atomic mass is 16.3. The smallest absolute Gasteiger partial charge is 0.246 e. The normalized spacial score (nSPS) is 11.0. The third-order valence-corrected chi connectivity index (χ3v) is 4.55. The maximum absolute atomic E-state index is 12.2. The van der Waals surface area contributed by atoms with E-state index in [-0.39, 0.29) is 18.2 Å². The Hall–Kier alpha value is -2.82.